The molecule has 5 aliphatic heterocycles. The number of hydrogen-bond acceptors (Lipinski definition) is 8. The van der Waals surface area contributed by atoms with E-state index < -0.39 is 23.3 Å². The number of nitrogens with zero attached hydrogens (tertiary/aromatic N) is 2. The molecule has 5 aliphatic rings. The fourth-order valence-electron chi connectivity index (χ4n) is 8.87. The van der Waals surface area contributed by atoms with Gasteiger partial charge in [-0.05, 0) is 71.1 Å². The van der Waals surface area contributed by atoms with Crippen molar-refractivity contribution < 1.29 is 28.9 Å². The van der Waals surface area contributed by atoms with Crippen molar-refractivity contribution in [2.45, 2.75) is 197 Å². The summed E-state index contributed by atoms with van der Waals surface area (Å²) in [5.74, 6) is -0.345. The van der Waals surface area contributed by atoms with Gasteiger partial charge in [0.05, 0.1) is 24.9 Å². The van der Waals surface area contributed by atoms with Crippen molar-refractivity contribution in [3.8, 4) is 0 Å². The van der Waals surface area contributed by atoms with Gasteiger partial charge in [0.1, 0.15) is 11.6 Å². The predicted molar refractivity (Wildman–Crippen MR) is 184 cm³/mol. The summed E-state index contributed by atoms with van der Waals surface area (Å²) < 4.78 is 19.5. The average Bonchev–Trinajstić information content (AvgIpc) is 3.34. The first-order valence-corrected chi connectivity index (χ1v) is 19.4. The Morgan fingerprint density at radius 3 is 2.30 bits per heavy atom. The molecule has 0 aromatic rings. The summed E-state index contributed by atoms with van der Waals surface area (Å²) in [6.07, 6.45) is 28.5. The number of aliphatic imine (C=N–C) groups is 1. The van der Waals surface area contributed by atoms with E-state index in [0.717, 1.165) is 95.9 Å². The average molecular weight is 658 g/mol. The summed E-state index contributed by atoms with van der Waals surface area (Å²) in [6.45, 7) is 4.76. The van der Waals surface area contributed by atoms with Gasteiger partial charge in [-0.25, -0.2) is 4.99 Å². The standard InChI is InChI=1S/C38H63N3O6/c1-3-31-21-16-17-25-37(47-31)28-30-23-24-32-34(38(26-19-20-29(2)46-38)40-36(39-37)41(30)32)35(44)45-27-18-14-12-10-8-6-4-5-7-9-11-13-15-22-33(42)43/h16,21,29-32,34H,3-15,17-20,22-28H2,1-2H3,(H,39,40)(H,42,43)/t29-,30+,31+,32-,34-,37+,38-/m1/s1. The molecule has 2 spiro atoms. The van der Waals surface area contributed by atoms with Crippen LogP contribution in [0.2, 0.25) is 0 Å². The lowest BCUT2D eigenvalue weighted by Crippen LogP contribution is -2.71. The molecule has 3 saturated heterocycles. The van der Waals surface area contributed by atoms with Gasteiger partial charge >= 0.3 is 11.9 Å². The first-order chi connectivity index (χ1) is 22.8. The largest absolute Gasteiger partial charge is 0.481 e. The summed E-state index contributed by atoms with van der Waals surface area (Å²) in [5.41, 5.74) is -1.31. The number of unbranched alkanes of at least 4 members (excludes halogenated alkanes) is 12. The van der Waals surface area contributed by atoms with E-state index in [4.69, 9.17) is 24.3 Å². The maximum absolute atomic E-state index is 13.9. The van der Waals surface area contributed by atoms with E-state index >= 15 is 0 Å². The lowest BCUT2D eigenvalue weighted by molar-refractivity contribution is -0.194. The number of aliphatic carboxylic acids is 1. The van der Waals surface area contributed by atoms with Gasteiger partial charge in [0.25, 0.3) is 0 Å². The van der Waals surface area contributed by atoms with Crippen LogP contribution in [0.25, 0.3) is 0 Å². The maximum Gasteiger partial charge on any atom is 0.316 e. The van der Waals surface area contributed by atoms with Crippen molar-refractivity contribution in [2.24, 2.45) is 10.9 Å². The van der Waals surface area contributed by atoms with Gasteiger partial charge in [0, 0.05) is 18.9 Å². The molecule has 0 aromatic heterocycles. The first-order valence-electron chi connectivity index (χ1n) is 19.4. The number of carboxylic acid groups (broad SMARTS) is 1. The molecule has 47 heavy (non-hydrogen) atoms. The van der Waals surface area contributed by atoms with Gasteiger partial charge in [0.2, 0.25) is 0 Å². The summed E-state index contributed by atoms with van der Waals surface area (Å²) >= 11 is 0. The van der Waals surface area contributed by atoms with E-state index in [2.05, 4.69) is 36.2 Å². The fraction of sp³-hybridized carbons (Fsp3) is 0.868. The van der Waals surface area contributed by atoms with Crippen LogP contribution in [0.1, 0.15) is 162 Å². The highest BCUT2D eigenvalue weighted by Crippen LogP contribution is 2.50. The second-order valence-electron chi connectivity index (χ2n) is 15.0. The third-order valence-corrected chi connectivity index (χ3v) is 11.3. The van der Waals surface area contributed by atoms with Gasteiger partial charge in [-0.3, -0.25) is 9.59 Å². The molecule has 266 valence electrons. The van der Waals surface area contributed by atoms with Gasteiger partial charge in [0.15, 0.2) is 11.7 Å². The Kier molecular flexibility index (Phi) is 13.5. The molecule has 2 N–H and O–H groups in total. The SMILES string of the molecule is CC[C@H]1C=CCC[C@@]2(C[C@@H]3CC[C@@H]4[C@H](C(=O)OCCCCCCCCCCCCCCCC(=O)O)[C@]5(CCC[C@@H](C)O5)N=C(N2)N34)O1. The molecule has 5 heterocycles. The van der Waals surface area contributed by atoms with Crippen LogP contribution in [-0.2, 0) is 23.8 Å². The number of esters is 1. The van der Waals surface area contributed by atoms with Crippen molar-refractivity contribution in [2.75, 3.05) is 6.61 Å². The van der Waals surface area contributed by atoms with Crippen molar-refractivity contribution >= 4 is 17.9 Å². The molecule has 7 atom stereocenters. The van der Waals surface area contributed by atoms with E-state index in [9.17, 15) is 9.59 Å². The Balaban J connectivity index is 1.06. The predicted octanol–water partition coefficient (Wildman–Crippen LogP) is 8.01. The molecular weight excluding hydrogens is 594 g/mol. The second kappa shape index (κ2) is 17.5. The smallest absolute Gasteiger partial charge is 0.316 e. The molecule has 0 aromatic carbocycles. The normalized spacial score (nSPS) is 32.9. The number of guanidine groups is 1. The Labute approximate surface area is 283 Å². The van der Waals surface area contributed by atoms with Crippen LogP contribution in [0.15, 0.2) is 17.1 Å². The minimum absolute atomic E-state index is 0.0398. The monoisotopic (exact) mass is 657 g/mol. The molecule has 3 fully saturated rings. The molecule has 9 heteroatoms. The van der Waals surface area contributed by atoms with Crippen molar-refractivity contribution in [1.82, 2.24) is 10.2 Å². The van der Waals surface area contributed by atoms with Crippen LogP contribution in [0.5, 0.6) is 0 Å². The van der Waals surface area contributed by atoms with Crippen molar-refractivity contribution in [3.63, 3.8) is 0 Å². The van der Waals surface area contributed by atoms with E-state index in [1.165, 1.54) is 51.4 Å². The highest BCUT2D eigenvalue weighted by molar-refractivity contribution is 5.87. The lowest BCUT2D eigenvalue weighted by atomic mass is 9.80. The minimum Gasteiger partial charge on any atom is -0.481 e. The van der Waals surface area contributed by atoms with Crippen LogP contribution >= 0.6 is 0 Å². The number of carboxylic acids is 1. The number of rotatable bonds is 18. The Morgan fingerprint density at radius 2 is 1.64 bits per heavy atom. The first kappa shape index (κ1) is 36.2. The molecular formula is C38H63N3O6. The third kappa shape index (κ3) is 9.52. The quantitative estimate of drug-likeness (QED) is 0.0867. The number of nitrogens with one attached hydrogen (secondary N) is 1. The van der Waals surface area contributed by atoms with Gasteiger partial charge in [-0.2, -0.15) is 0 Å². The Hall–Kier alpha value is -2.13. The van der Waals surface area contributed by atoms with Gasteiger partial charge < -0.3 is 29.5 Å². The number of ether oxygens (including phenoxy) is 3. The zero-order valence-corrected chi connectivity index (χ0v) is 29.4. The van der Waals surface area contributed by atoms with Crippen LogP contribution in [0.4, 0.5) is 0 Å². The van der Waals surface area contributed by atoms with E-state index in [0.29, 0.717) is 19.1 Å². The molecule has 0 radical (unpaired) electrons. The van der Waals surface area contributed by atoms with E-state index in [1.54, 1.807) is 0 Å². The van der Waals surface area contributed by atoms with Crippen LogP contribution in [0.3, 0.4) is 0 Å². The zero-order valence-electron chi connectivity index (χ0n) is 29.4. The Morgan fingerprint density at radius 1 is 0.957 bits per heavy atom. The number of carbonyl (C=O) groups excluding carboxylic acids is 1. The van der Waals surface area contributed by atoms with E-state index in [-0.39, 0.29) is 24.2 Å². The van der Waals surface area contributed by atoms with Crippen molar-refractivity contribution in [3.05, 3.63) is 12.2 Å². The molecule has 0 aliphatic carbocycles. The topological polar surface area (TPSA) is 110 Å². The number of carbonyl (C=O) groups is 2. The highest BCUT2D eigenvalue weighted by Gasteiger charge is 2.62. The number of hydrogen-bond donors (Lipinski definition) is 2. The van der Waals surface area contributed by atoms with Crippen molar-refractivity contribution in [1.29, 1.82) is 0 Å². The Bertz CT molecular complexity index is 1080. The van der Waals surface area contributed by atoms with Crippen LogP contribution < -0.4 is 5.32 Å². The summed E-state index contributed by atoms with van der Waals surface area (Å²) in [7, 11) is 0. The molecule has 0 bridgehead atoms. The van der Waals surface area contributed by atoms with E-state index in [1.807, 2.05) is 0 Å². The molecule has 9 nitrogen and oxygen atoms in total. The summed E-state index contributed by atoms with van der Waals surface area (Å²) in [4.78, 5) is 32.3. The minimum atomic E-state index is -0.876. The van der Waals surface area contributed by atoms with Crippen LogP contribution in [-0.4, -0.2) is 70.3 Å². The van der Waals surface area contributed by atoms with Crippen LogP contribution in [0, 0.1) is 5.92 Å². The molecule has 5 rings (SSSR count). The summed E-state index contributed by atoms with van der Waals surface area (Å²) in [5, 5.41) is 12.5. The van der Waals surface area contributed by atoms with Gasteiger partial charge in [-0.15, -0.1) is 0 Å². The summed E-state index contributed by atoms with van der Waals surface area (Å²) in [6, 6.07) is 0.345. The molecule has 0 unspecified atom stereocenters. The number of allylic oxidation sites excluding steroid dienone is 1. The highest BCUT2D eigenvalue weighted by atomic mass is 16.6. The zero-order chi connectivity index (χ0) is 33.1. The maximum atomic E-state index is 13.9. The molecule has 0 amide bonds. The third-order valence-electron chi connectivity index (χ3n) is 11.3. The fourth-order valence-corrected chi connectivity index (χ4v) is 8.87. The molecule has 0 saturated carbocycles. The second-order valence-corrected chi connectivity index (χ2v) is 15.0. The lowest BCUT2D eigenvalue weighted by Gasteiger charge is -2.55. The van der Waals surface area contributed by atoms with Gasteiger partial charge in [-0.1, -0.05) is 89.7 Å².